The van der Waals surface area contributed by atoms with Crippen LogP contribution in [0, 0.1) is 0 Å². The number of fused-ring (bicyclic) bond motifs is 1. The van der Waals surface area contributed by atoms with E-state index in [1.165, 1.54) is 0 Å². The lowest BCUT2D eigenvalue weighted by Gasteiger charge is -2.11. The molecule has 1 aromatic carbocycles. The fraction of sp³-hybridized carbons (Fsp3) is 0.333. The Bertz CT molecular complexity index is 728. The zero-order chi connectivity index (χ0) is 14.1. The minimum atomic E-state index is -0.754. The van der Waals surface area contributed by atoms with Crippen LogP contribution < -0.4 is 0 Å². The summed E-state index contributed by atoms with van der Waals surface area (Å²) in [6.45, 7) is 2.89. The molecular formula is C15H18N4O. The molecule has 0 aliphatic heterocycles. The van der Waals surface area contributed by atoms with Gasteiger partial charge in [0.15, 0.2) is 0 Å². The van der Waals surface area contributed by atoms with E-state index < -0.39 is 6.10 Å². The van der Waals surface area contributed by atoms with Gasteiger partial charge in [-0.05, 0) is 18.6 Å². The Morgan fingerprint density at radius 2 is 2.05 bits per heavy atom. The number of para-hydroxylation sites is 1. The summed E-state index contributed by atoms with van der Waals surface area (Å²) in [5.41, 5.74) is 2.49. The second kappa shape index (κ2) is 5.09. The number of nitrogens with zero attached hydrogens (tertiary/aromatic N) is 4. The molecule has 20 heavy (non-hydrogen) atoms. The average Bonchev–Trinajstić information content (AvgIpc) is 3.04. The first-order valence-corrected chi connectivity index (χ1v) is 6.83. The molecule has 0 amide bonds. The zero-order valence-corrected chi connectivity index (χ0v) is 11.7. The first kappa shape index (κ1) is 12.9. The summed E-state index contributed by atoms with van der Waals surface area (Å²) >= 11 is 0. The van der Waals surface area contributed by atoms with Gasteiger partial charge in [0, 0.05) is 25.2 Å². The molecule has 5 nitrogen and oxygen atoms in total. The molecule has 3 aromatic rings. The number of aliphatic hydroxyl groups is 1. The van der Waals surface area contributed by atoms with Crippen molar-refractivity contribution in [1.82, 2.24) is 19.6 Å². The van der Waals surface area contributed by atoms with E-state index in [0.29, 0.717) is 5.69 Å². The molecule has 104 valence electrons. The highest BCUT2D eigenvalue weighted by Gasteiger charge is 2.21. The standard InChI is InChI=1S/C15H18N4O/c1-3-10-19-13(8-9-16-19)15(20)14-11-6-4-5-7-12(11)18(2)17-14/h4-9,15,20H,3,10H2,1-2H3. The molecule has 0 radical (unpaired) electrons. The van der Waals surface area contributed by atoms with Gasteiger partial charge < -0.3 is 5.11 Å². The molecule has 0 saturated carbocycles. The zero-order valence-electron chi connectivity index (χ0n) is 11.7. The van der Waals surface area contributed by atoms with Crippen LogP contribution in [0.4, 0.5) is 0 Å². The van der Waals surface area contributed by atoms with Gasteiger partial charge in [0.2, 0.25) is 0 Å². The van der Waals surface area contributed by atoms with Gasteiger partial charge in [-0.3, -0.25) is 9.36 Å². The predicted molar refractivity (Wildman–Crippen MR) is 77.3 cm³/mol. The van der Waals surface area contributed by atoms with Crippen molar-refractivity contribution in [3.05, 3.63) is 47.9 Å². The van der Waals surface area contributed by atoms with Crippen molar-refractivity contribution in [3.8, 4) is 0 Å². The van der Waals surface area contributed by atoms with E-state index in [2.05, 4.69) is 17.1 Å². The average molecular weight is 270 g/mol. The van der Waals surface area contributed by atoms with Gasteiger partial charge in [-0.1, -0.05) is 25.1 Å². The van der Waals surface area contributed by atoms with Crippen LogP contribution >= 0.6 is 0 Å². The van der Waals surface area contributed by atoms with Crippen LogP contribution in [-0.2, 0) is 13.6 Å². The summed E-state index contributed by atoms with van der Waals surface area (Å²) in [4.78, 5) is 0. The first-order valence-electron chi connectivity index (χ1n) is 6.83. The smallest absolute Gasteiger partial charge is 0.140 e. The van der Waals surface area contributed by atoms with Crippen LogP contribution in [0.2, 0.25) is 0 Å². The SMILES string of the molecule is CCCn1nccc1C(O)c1nn(C)c2ccccc12. The largest absolute Gasteiger partial charge is 0.380 e. The lowest BCUT2D eigenvalue weighted by Crippen LogP contribution is -2.11. The number of aliphatic hydroxyl groups excluding tert-OH is 1. The molecule has 1 unspecified atom stereocenters. The molecular weight excluding hydrogens is 252 g/mol. The van der Waals surface area contributed by atoms with Gasteiger partial charge >= 0.3 is 0 Å². The van der Waals surface area contributed by atoms with E-state index in [9.17, 15) is 5.11 Å². The minimum Gasteiger partial charge on any atom is -0.380 e. The van der Waals surface area contributed by atoms with E-state index in [1.807, 2.05) is 42.1 Å². The molecule has 0 saturated heterocycles. The molecule has 0 spiro atoms. The van der Waals surface area contributed by atoms with Crippen LogP contribution in [0.5, 0.6) is 0 Å². The van der Waals surface area contributed by atoms with Crippen molar-refractivity contribution in [1.29, 1.82) is 0 Å². The lowest BCUT2D eigenvalue weighted by molar-refractivity contribution is 0.203. The van der Waals surface area contributed by atoms with Gasteiger partial charge in [0.1, 0.15) is 11.8 Å². The molecule has 5 heteroatoms. The molecule has 0 bridgehead atoms. The van der Waals surface area contributed by atoms with Gasteiger partial charge in [-0.2, -0.15) is 10.2 Å². The molecule has 1 N–H and O–H groups in total. The van der Waals surface area contributed by atoms with Crippen LogP contribution in [-0.4, -0.2) is 24.7 Å². The Balaban J connectivity index is 2.08. The highest BCUT2D eigenvalue weighted by atomic mass is 16.3. The summed E-state index contributed by atoms with van der Waals surface area (Å²) < 4.78 is 3.64. The van der Waals surface area contributed by atoms with E-state index in [0.717, 1.165) is 29.6 Å². The molecule has 3 rings (SSSR count). The summed E-state index contributed by atoms with van der Waals surface area (Å²) in [6.07, 6.45) is 1.94. The fourth-order valence-corrected chi connectivity index (χ4v) is 2.56. The van der Waals surface area contributed by atoms with Crippen molar-refractivity contribution >= 4 is 10.9 Å². The van der Waals surface area contributed by atoms with E-state index >= 15 is 0 Å². The Morgan fingerprint density at radius 3 is 2.85 bits per heavy atom. The second-order valence-electron chi connectivity index (χ2n) is 4.91. The fourth-order valence-electron chi connectivity index (χ4n) is 2.56. The topological polar surface area (TPSA) is 55.9 Å². The van der Waals surface area contributed by atoms with Crippen molar-refractivity contribution in [3.63, 3.8) is 0 Å². The first-order chi connectivity index (χ1) is 9.72. The number of aromatic nitrogens is 4. The molecule has 1 atom stereocenters. The summed E-state index contributed by atoms with van der Waals surface area (Å²) in [6, 6.07) is 9.78. The maximum Gasteiger partial charge on any atom is 0.140 e. The highest BCUT2D eigenvalue weighted by molar-refractivity contribution is 5.82. The van der Waals surface area contributed by atoms with Crippen LogP contribution in [0.3, 0.4) is 0 Å². The quantitative estimate of drug-likeness (QED) is 0.791. The van der Waals surface area contributed by atoms with Gasteiger partial charge in [-0.25, -0.2) is 0 Å². The van der Waals surface area contributed by atoms with Gasteiger partial charge in [0.25, 0.3) is 0 Å². The molecule has 0 aliphatic carbocycles. The second-order valence-corrected chi connectivity index (χ2v) is 4.91. The van der Waals surface area contributed by atoms with Crippen LogP contribution in [0.25, 0.3) is 10.9 Å². The number of hydrogen-bond donors (Lipinski definition) is 1. The van der Waals surface area contributed by atoms with Crippen molar-refractivity contribution in [2.75, 3.05) is 0 Å². The maximum atomic E-state index is 10.7. The van der Waals surface area contributed by atoms with Crippen molar-refractivity contribution in [2.45, 2.75) is 26.0 Å². The van der Waals surface area contributed by atoms with Crippen molar-refractivity contribution in [2.24, 2.45) is 7.05 Å². The minimum absolute atomic E-state index is 0.681. The molecule has 2 aromatic heterocycles. The van der Waals surface area contributed by atoms with E-state index in [4.69, 9.17) is 0 Å². The normalized spacial score (nSPS) is 12.9. The predicted octanol–water partition coefficient (Wildman–Crippen LogP) is 2.26. The Labute approximate surface area is 117 Å². The summed E-state index contributed by atoms with van der Waals surface area (Å²) in [7, 11) is 1.89. The summed E-state index contributed by atoms with van der Waals surface area (Å²) in [5, 5.41) is 20.4. The Hall–Kier alpha value is -2.14. The molecule has 0 aliphatic rings. The number of rotatable bonds is 4. The van der Waals surface area contributed by atoms with E-state index in [1.54, 1.807) is 10.9 Å². The highest BCUT2D eigenvalue weighted by Crippen LogP contribution is 2.27. The van der Waals surface area contributed by atoms with Gasteiger partial charge in [0.05, 0.1) is 11.2 Å². The maximum absolute atomic E-state index is 10.7. The third-order valence-electron chi connectivity index (χ3n) is 3.51. The van der Waals surface area contributed by atoms with Crippen LogP contribution in [0.15, 0.2) is 36.5 Å². The monoisotopic (exact) mass is 270 g/mol. The number of benzene rings is 1. The number of aryl methyl sites for hydroxylation is 2. The van der Waals surface area contributed by atoms with Gasteiger partial charge in [-0.15, -0.1) is 0 Å². The Kier molecular flexibility index (Phi) is 3.28. The van der Waals surface area contributed by atoms with Crippen molar-refractivity contribution < 1.29 is 5.11 Å². The third-order valence-corrected chi connectivity index (χ3v) is 3.51. The summed E-state index contributed by atoms with van der Waals surface area (Å²) in [5.74, 6) is 0. The molecule has 0 fully saturated rings. The number of hydrogen-bond acceptors (Lipinski definition) is 3. The van der Waals surface area contributed by atoms with Crippen LogP contribution in [0.1, 0.15) is 30.8 Å². The third kappa shape index (κ3) is 2.00. The van der Waals surface area contributed by atoms with E-state index in [-0.39, 0.29) is 0 Å². The lowest BCUT2D eigenvalue weighted by atomic mass is 10.1. The Morgan fingerprint density at radius 1 is 1.25 bits per heavy atom. The molecule has 2 heterocycles.